The standard InChI is InChI=1S/C23H27F2NO4/c1-4-6-15(2)14-30-17-11-9-16(10-12-17)22(23(28)29-3)26-21(27)13-18-19(24)7-5-8-20(18)25/h5,7-12,15,22H,4,6,13-14H2,1-3H3,(H,26,27)/t15?,22-/m1/s1. The number of nitrogens with one attached hydrogen (secondary N) is 1. The van der Waals surface area contributed by atoms with Gasteiger partial charge in [-0.05, 0) is 42.2 Å². The fraction of sp³-hybridized carbons (Fsp3) is 0.391. The highest BCUT2D eigenvalue weighted by molar-refractivity contribution is 5.86. The summed E-state index contributed by atoms with van der Waals surface area (Å²) in [6.07, 6.45) is 1.61. The molecule has 1 amide bonds. The van der Waals surface area contributed by atoms with Crippen molar-refractivity contribution in [2.24, 2.45) is 5.92 Å². The summed E-state index contributed by atoms with van der Waals surface area (Å²) in [6.45, 7) is 4.81. The lowest BCUT2D eigenvalue weighted by Gasteiger charge is -2.18. The second-order valence-corrected chi connectivity index (χ2v) is 7.17. The predicted molar refractivity (Wildman–Crippen MR) is 109 cm³/mol. The first-order chi connectivity index (χ1) is 14.3. The Morgan fingerprint density at radius 3 is 2.27 bits per heavy atom. The SMILES string of the molecule is CCCC(C)COc1ccc([C@@H](NC(=O)Cc2c(F)cccc2F)C(=O)OC)cc1. The molecule has 0 aliphatic heterocycles. The average Bonchev–Trinajstić information content (AvgIpc) is 2.73. The maximum atomic E-state index is 13.8. The van der Waals surface area contributed by atoms with Crippen molar-refractivity contribution in [1.29, 1.82) is 0 Å². The first kappa shape index (κ1) is 23.3. The van der Waals surface area contributed by atoms with E-state index in [0.717, 1.165) is 25.0 Å². The molecule has 7 heteroatoms. The quantitative estimate of drug-likeness (QED) is 0.582. The van der Waals surface area contributed by atoms with Crippen molar-refractivity contribution in [1.82, 2.24) is 5.32 Å². The van der Waals surface area contributed by atoms with Gasteiger partial charge in [0.15, 0.2) is 6.04 Å². The largest absolute Gasteiger partial charge is 0.493 e. The molecule has 0 saturated heterocycles. The van der Waals surface area contributed by atoms with Gasteiger partial charge in [0.2, 0.25) is 5.91 Å². The summed E-state index contributed by atoms with van der Waals surface area (Å²) in [5.41, 5.74) is 0.113. The Labute approximate surface area is 175 Å². The van der Waals surface area contributed by atoms with Crippen LogP contribution in [0.3, 0.4) is 0 Å². The van der Waals surface area contributed by atoms with Crippen molar-refractivity contribution in [3.63, 3.8) is 0 Å². The Hall–Kier alpha value is -2.96. The molecule has 0 saturated carbocycles. The van der Waals surface area contributed by atoms with Gasteiger partial charge >= 0.3 is 5.97 Å². The Kier molecular flexibility index (Phi) is 8.77. The molecular formula is C23H27F2NO4. The van der Waals surface area contributed by atoms with Crippen LogP contribution < -0.4 is 10.1 Å². The van der Waals surface area contributed by atoms with Gasteiger partial charge in [-0.15, -0.1) is 0 Å². The van der Waals surface area contributed by atoms with Gasteiger partial charge in [-0.1, -0.05) is 38.5 Å². The lowest BCUT2D eigenvalue weighted by Crippen LogP contribution is -2.35. The number of benzene rings is 2. The van der Waals surface area contributed by atoms with Gasteiger partial charge in [0.25, 0.3) is 0 Å². The first-order valence-electron chi connectivity index (χ1n) is 9.88. The number of carbonyl (C=O) groups excluding carboxylic acids is 2. The van der Waals surface area contributed by atoms with E-state index in [9.17, 15) is 18.4 Å². The van der Waals surface area contributed by atoms with Crippen LogP contribution in [0.25, 0.3) is 0 Å². The minimum atomic E-state index is -1.11. The van der Waals surface area contributed by atoms with Gasteiger partial charge in [0.1, 0.15) is 17.4 Å². The number of amides is 1. The van der Waals surface area contributed by atoms with Crippen LogP contribution in [-0.2, 0) is 20.7 Å². The second-order valence-electron chi connectivity index (χ2n) is 7.17. The monoisotopic (exact) mass is 419 g/mol. The number of carbonyl (C=O) groups is 2. The van der Waals surface area contributed by atoms with E-state index >= 15 is 0 Å². The fourth-order valence-corrected chi connectivity index (χ4v) is 3.04. The Morgan fingerprint density at radius 1 is 1.07 bits per heavy atom. The Morgan fingerprint density at radius 2 is 1.70 bits per heavy atom. The molecule has 0 bridgehead atoms. The van der Waals surface area contributed by atoms with Crippen molar-refractivity contribution in [3.8, 4) is 5.75 Å². The van der Waals surface area contributed by atoms with E-state index in [1.807, 2.05) is 0 Å². The molecule has 0 aliphatic rings. The number of halogens is 2. The van der Waals surface area contributed by atoms with Gasteiger partial charge in [-0.2, -0.15) is 0 Å². The number of hydrogen-bond donors (Lipinski definition) is 1. The lowest BCUT2D eigenvalue weighted by molar-refractivity contribution is -0.145. The summed E-state index contributed by atoms with van der Waals surface area (Å²) in [4.78, 5) is 24.5. The number of methoxy groups -OCH3 is 1. The Balaban J connectivity index is 2.08. The summed E-state index contributed by atoms with van der Waals surface area (Å²) >= 11 is 0. The van der Waals surface area contributed by atoms with Gasteiger partial charge in [0, 0.05) is 5.56 Å². The summed E-state index contributed by atoms with van der Waals surface area (Å²) in [5.74, 6) is -1.97. The topological polar surface area (TPSA) is 64.6 Å². The van der Waals surface area contributed by atoms with E-state index < -0.39 is 36.0 Å². The van der Waals surface area contributed by atoms with E-state index in [-0.39, 0.29) is 5.56 Å². The van der Waals surface area contributed by atoms with Crippen LogP contribution in [0.5, 0.6) is 5.75 Å². The molecule has 2 aromatic carbocycles. The van der Waals surface area contributed by atoms with Gasteiger partial charge in [-0.25, -0.2) is 13.6 Å². The van der Waals surface area contributed by atoms with E-state index in [1.54, 1.807) is 24.3 Å². The lowest BCUT2D eigenvalue weighted by atomic mass is 10.1. The van der Waals surface area contributed by atoms with Crippen LogP contribution in [0.4, 0.5) is 8.78 Å². The summed E-state index contributed by atoms with van der Waals surface area (Å²) in [5, 5.41) is 2.49. The zero-order valence-electron chi connectivity index (χ0n) is 17.4. The number of esters is 1. The third-order valence-corrected chi connectivity index (χ3v) is 4.67. The van der Waals surface area contributed by atoms with Gasteiger partial charge in [0.05, 0.1) is 20.1 Å². The van der Waals surface area contributed by atoms with E-state index in [2.05, 4.69) is 19.2 Å². The van der Waals surface area contributed by atoms with Crippen LogP contribution in [0, 0.1) is 17.6 Å². The maximum Gasteiger partial charge on any atom is 0.333 e. The zero-order valence-corrected chi connectivity index (χ0v) is 17.4. The highest BCUT2D eigenvalue weighted by atomic mass is 19.1. The maximum absolute atomic E-state index is 13.8. The van der Waals surface area contributed by atoms with Crippen LogP contribution in [0.15, 0.2) is 42.5 Å². The molecule has 30 heavy (non-hydrogen) atoms. The number of rotatable bonds is 10. The molecule has 5 nitrogen and oxygen atoms in total. The summed E-state index contributed by atoms with van der Waals surface area (Å²) in [6, 6.07) is 8.95. The van der Waals surface area contributed by atoms with E-state index in [4.69, 9.17) is 9.47 Å². The van der Waals surface area contributed by atoms with Crippen molar-refractivity contribution in [2.45, 2.75) is 39.2 Å². The third kappa shape index (κ3) is 6.54. The normalized spacial score (nSPS) is 12.7. The van der Waals surface area contributed by atoms with Gasteiger partial charge in [-0.3, -0.25) is 4.79 Å². The van der Waals surface area contributed by atoms with E-state index in [0.29, 0.717) is 23.8 Å². The minimum absolute atomic E-state index is 0.358. The molecule has 0 spiro atoms. The van der Waals surface area contributed by atoms with Gasteiger partial charge < -0.3 is 14.8 Å². The number of hydrogen-bond acceptors (Lipinski definition) is 4. The van der Waals surface area contributed by atoms with Crippen molar-refractivity contribution >= 4 is 11.9 Å². The van der Waals surface area contributed by atoms with Crippen LogP contribution >= 0.6 is 0 Å². The van der Waals surface area contributed by atoms with Crippen molar-refractivity contribution in [2.75, 3.05) is 13.7 Å². The van der Waals surface area contributed by atoms with Crippen LogP contribution in [0.2, 0.25) is 0 Å². The van der Waals surface area contributed by atoms with Crippen molar-refractivity contribution < 1.29 is 27.8 Å². The van der Waals surface area contributed by atoms with Crippen LogP contribution in [0.1, 0.15) is 43.9 Å². The fourth-order valence-electron chi connectivity index (χ4n) is 3.04. The molecule has 2 aromatic rings. The molecule has 2 rings (SSSR count). The molecule has 0 fully saturated rings. The molecule has 0 heterocycles. The summed E-state index contributed by atoms with van der Waals surface area (Å²) < 4.78 is 38.1. The number of ether oxygens (including phenoxy) is 2. The molecule has 162 valence electrons. The molecule has 0 radical (unpaired) electrons. The Bertz CT molecular complexity index is 835. The molecule has 2 atom stereocenters. The smallest absolute Gasteiger partial charge is 0.333 e. The molecule has 0 aromatic heterocycles. The highest BCUT2D eigenvalue weighted by Crippen LogP contribution is 2.21. The predicted octanol–water partition coefficient (Wildman–Crippen LogP) is 4.35. The zero-order chi connectivity index (χ0) is 22.1. The highest BCUT2D eigenvalue weighted by Gasteiger charge is 2.25. The van der Waals surface area contributed by atoms with E-state index in [1.165, 1.54) is 13.2 Å². The summed E-state index contributed by atoms with van der Waals surface area (Å²) in [7, 11) is 1.20. The molecule has 0 aliphatic carbocycles. The second kappa shape index (κ2) is 11.3. The molecule has 1 N–H and O–H groups in total. The first-order valence-corrected chi connectivity index (χ1v) is 9.88. The molecule has 1 unspecified atom stereocenters. The molecular weight excluding hydrogens is 392 g/mol. The third-order valence-electron chi connectivity index (χ3n) is 4.67. The van der Waals surface area contributed by atoms with Crippen LogP contribution in [-0.4, -0.2) is 25.6 Å². The minimum Gasteiger partial charge on any atom is -0.493 e. The average molecular weight is 419 g/mol. The van der Waals surface area contributed by atoms with Crippen molar-refractivity contribution in [3.05, 3.63) is 65.2 Å².